The molecule has 4 nitrogen and oxygen atoms in total. The van der Waals surface area contributed by atoms with E-state index in [-0.39, 0.29) is 5.91 Å². The van der Waals surface area contributed by atoms with Crippen molar-refractivity contribution in [2.24, 2.45) is 17.6 Å². The van der Waals surface area contributed by atoms with E-state index in [1.165, 1.54) is 30.4 Å². The Morgan fingerprint density at radius 1 is 1.25 bits per heavy atom. The molecule has 1 heterocycles. The van der Waals surface area contributed by atoms with E-state index in [2.05, 4.69) is 23.1 Å². The number of nitrogens with zero attached hydrogens (tertiary/aromatic N) is 1. The number of carbonyl (C=O) groups excluding carboxylic acids is 1. The predicted octanol–water partition coefficient (Wildman–Crippen LogP) is 4.52. The fourth-order valence-corrected chi connectivity index (χ4v) is 4.74. The number of carbonyl (C=O) groups is 1. The molecule has 2 aliphatic rings. The minimum absolute atomic E-state index is 0.300. The van der Waals surface area contributed by atoms with Gasteiger partial charge < -0.3 is 10.5 Å². The maximum atomic E-state index is 11.6. The van der Waals surface area contributed by atoms with Gasteiger partial charge >= 0.3 is 0 Å². The molecule has 5 heteroatoms. The quantitative estimate of drug-likeness (QED) is 0.693. The van der Waals surface area contributed by atoms with Crippen molar-refractivity contribution in [2.75, 3.05) is 26.2 Å². The van der Waals surface area contributed by atoms with Crippen LogP contribution in [0.2, 0.25) is 5.02 Å². The first-order chi connectivity index (χ1) is 13.6. The zero-order valence-corrected chi connectivity index (χ0v) is 17.7. The van der Waals surface area contributed by atoms with Gasteiger partial charge in [0.1, 0.15) is 6.10 Å². The van der Waals surface area contributed by atoms with E-state index in [0.29, 0.717) is 12.5 Å². The van der Waals surface area contributed by atoms with Gasteiger partial charge in [-0.1, -0.05) is 42.7 Å². The van der Waals surface area contributed by atoms with E-state index < -0.39 is 6.10 Å². The normalized spacial score (nSPS) is 24.6. The van der Waals surface area contributed by atoms with Gasteiger partial charge in [-0.25, -0.2) is 0 Å². The summed E-state index contributed by atoms with van der Waals surface area (Å²) in [4.78, 5) is 14.2. The van der Waals surface area contributed by atoms with Crippen LogP contribution in [0.4, 0.5) is 0 Å². The molecular formula is C23H33ClN2O2. The molecular weight excluding hydrogens is 372 g/mol. The van der Waals surface area contributed by atoms with Crippen LogP contribution in [-0.2, 0) is 9.53 Å². The second kappa shape index (κ2) is 10.4. The van der Waals surface area contributed by atoms with E-state index in [4.69, 9.17) is 22.1 Å². The largest absolute Gasteiger partial charge is 0.368 e. The standard InChI is InChI=1S/C23H33ClN2O2/c1-2-28-22(23(25)27)20-5-3-17(4-6-20)11-14-26-15-12-19(13-16-26)18-7-9-21(24)10-8-18/h7-10,12,17,20,22H,2-6,11,13-16H2,1H3,(H2,25,27). The Hall–Kier alpha value is -1.36. The van der Waals surface area contributed by atoms with Crippen molar-refractivity contribution in [1.29, 1.82) is 0 Å². The van der Waals surface area contributed by atoms with Crippen molar-refractivity contribution in [3.05, 3.63) is 40.9 Å². The number of benzene rings is 1. The third-order valence-electron chi connectivity index (χ3n) is 6.31. The minimum atomic E-state index is -0.399. The number of amides is 1. The minimum Gasteiger partial charge on any atom is -0.368 e. The fraction of sp³-hybridized carbons (Fsp3) is 0.609. The number of hydrogen-bond acceptors (Lipinski definition) is 3. The number of primary amides is 1. The van der Waals surface area contributed by atoms with E-state index >= 15 is 0 Å². The first kappa shape index (κ1) is 21.4. The highest BCUT2D eigenvalue weighted by molar-refractivity contribution is 6.30. The van der Waals surface area contributed by atoms with Gasteiger partial charge in [0.05, 0.1) is 0 Å². The summed E-state index contributed by atoms with van der Waals surface area (Å²) in [6.07, 6.45) is 8.78. The average Bonchev–Trinajstić information content (AvgIpc) is 2.72. The van der Waals surface area contributed by atoms with Gasteiger partial charge in [0, 0.05) is 24.7 Å². The Morgan fingerprint density at radius 2 is 1.96 bits per heavy atom. The summed E-state index contributed by atoms with van der Waals surface area (Å²) in [5, 5.41) is 0.792. The highest BCUT2D eigenvalue weighted by Gasteiger charge is 2.31. The smallest absolute Gasteiger partial charge is 0.246 e. The molecule has 1 aromatic carbocycles. The molecule has 0 aromatic heterocycles. The lowest BCUT2D eigenvalue weighted by Gasteiger charge is -2.34. The van der Waals surface area contributed by atoms with Crippen molar-refractivity contribution in [3.8, 4) is 0 Å². The summed E-state index contributed by atoms with van der Waals surface area (Å²) in [7, 11) is 0. The van der Waals surface area contributed by atoms with Crippen molar-refractivity contribution in [1.82, 2.24) is 4.90 Å². The fourth-order valence-electron chi connectivity index (χ4n) is 4.62. The van der Waals surface area contributed by atoms with Crippen LogP contribution < -0.4 is 5.73 Å². The van der Waals surface area contributed by atoms with Gasteiger partial charge in [-0.05, 0) is 74.3 Å². The number of halogens is 1. The van der Waals surface area contributed by atoms with Gasteiger partial charge in [-0.2, -0.15) is 0 Å². The van der Waals surface area contributed by atoms with Crippen LogP contribution in [0.1, 0.15) is 51.0 Å². The van der Waals surface area contributed by atoms with Gasteiger partial charge in [0.25, 0.3) is 0 Å². The third kappa shape index (κ3) is 5.82. The monoisotopic (exact) mass is 404 g/mol. The Morgan fingerprint density at radius 3 is 2.54 bits per heavy atom. The number of hydrogen-bond donors (Lipinski definition) is 1. The van der Waals surface area contributed by atoms with Crippen LogP contribution in [0.15, 0.2) is 30.3 Å². The molecule has 154 valence electrons. The second-order valence-electron chi connectivity index (χ2n) is 8.13. The van der Waals surface area contributed by atoms with Crippen molar-refractivity contribution in [3.63, 3.8) is 0 Å². The van der Waals surface area contributed by atoms with Crippen molar-refractivity contribution < 1.29 is 9.53 Å². The predicted molar refractivity (Wildman–Crippen MR) is 115 cm³/mol. The molecule has 1 aliphatic carbocycles. The Kier molecular flexibility index (Phi) is 7.95. The maximum absolute atomic E-state index is 11.6. The van der Waals surface area contributed by atoms with Gasteiger partial charge in [0.2, 0.25) is 5.91 Å². The molecule has 1 saturated carbocycles. The summed E-state index contributed by atoms with van der Waals surface area (Å²) in [6.45, 7) is 5.78. The molecule has 3 rings (SSSR count). The van der Waals surface area contributed by atoms with E-state index in [9.17, 15) is 4.79 Å². The zero-order chi connectivity index (χ0) is 19.9. The van der Waals surface area contributed by atoms with Gasteiger partial charge in [0.15, 0.2) is 0 Å². The zero-order valence-electron chi connectivity index (χ0n) is 16.9. The van der Waals surface area contributed by atoms with Gasteiger partial charge in [-0.3, -0.25) is 9.69 Å². The van der Waals surface area contributed by atoms with Gasteiger partial charge in [-0.15, -0.1) is 0 Å². The summed E-state index contributed by atoms with van der Waals surface area (Å²) >= 11 is 5.99. The van der Waals surface area contributed by atoms with Crippen LogP contribution in [0, 0.1) is 11.8 Å². The summed E-state index contributed by atoms with van der Waals surface area (Å²) in [5.74, 6) is 0.753. The van der Waals surface area contributed by atoms with Crippen molar-refractivity contribution in [2.45, 2.75) is 51.6 Å². The highest BCUT2D eigenvalue weighted by atomic mass is 35.5. The molecule has 0 radical (unpaired) electrons. The maximum Gasteiger partial charge on any atom is 0.246 e. The lowest BCUT2D eigenvalue weighted by atomic mass is 9.78. The molecule has 1 unspecified atom stereocenters. The van der Waals surface area contributed by atoms with Crippen LogP contribution in [0.5, 0.6) is 0 Å². The van der Waals surface area contributed by atoms with Crippen LogP contribution in [0.25, 0.3) is 5.57 Å². The molecule has 1 fully saturated rings. The SMILES string of the molecule is CCOC(C(N)=O)C1CCC(CCN2CC=C(c3ccc(Cl)cc3)CC2)CC1. The summed E-state index contributed by atoms with van der Waals surface area (Å²) in [5.41, 5.74) is 8.25. The second-order valence-corrected chi connectivity index (χ2v) is 8.57. The van der Waals surface area contributed by atoms with E-state index in [1.54, 1.807) is 0 Å². The Bertz CT molecular complexity index is 666. The highest BCUT2D eigenvalue weighted by Crippen LogP contribution is 2.34. The first-order valence-electron chi connectivity index (χ1n) is 10.6. The summed E-state index contributed by atoms with van der Waals surface area (Å²) < 4.78 is 5.59. The van der Waals surface area contributed by atoms with Crippen LogP contribution in [-0.4, -0.2) is 43.2 Å². The molecule has 0 saturated heterocycles. The molecule has 28 heavy (non-hydrogen) atoms. The molecule has 1 atom stereocenters. The lowest BCUT2D eigenvalue weighted by molar-refractivity contribution is -0.134. The Labute approximate surface area is 174 Å². The third-order valence-corrected chi connectivity index (χ3v) is 6.56. The van der Waals surface area contributed by atoms with Crippen LogP contribution >= 0.6 is 11.6 Å². The molecule has 1 aliphatic heterocycles. The van der Waals surface area contributed by atoms with E-state index in [1.807, 2.05) is 19.1 Å². The Balaban J connectivity index is 1.40. The van der Waals surface area contributed by atoms with Crippen LogP contribution in [0.3, 0.4) is 0 Å². The van der Waals surface area contributed by atoms with E-state index in [0.717, 1.165) is 49.8 Å². The molecule has 0 bridgehead atoms. The first-order valence-corrected chi connectivity index (χ1v) is 11.0. The van der Waals surface area contributed by atoms with Crippen molar-refractivity contribution >= 4 is 23.1 Å². The molecule has 2 N–H and O–H groups in total. The average molecular weight is 405 g/mol. The topological polar surface area (TPSA) is 55.6 Å². The number of rotatable bonds is 8. The lowest BCUT2D eigenvalue weighted by Crippen LogP contribution is -2.39. The number of nitrogens with two attached hydrogens (primary N) is 1. The molecule has 0 spiro atoms. The molecule has 1 aromatic rings. The summed E-state index contributed by atoms with van der Waals surface area (Å²) in [6, 6.07) is 8.16. The number of ether oxygens (including phenoxy) is 1. The molecule has 1 amide bonds.